The summed E-state index contributed by atoms with van der Waals surface area (Å²) in [5, 5.41) is 10.1. The average molecular weight is 303 g/mol. The molecule has 1 aromatic carbocycles. The number of carbonyl (C=O) groups is 1. The van der Waals surface area contributed by atoms with Crippen molar-refractivity contribution in [3.8, 4) is 5.75 Å². The summed E-state index contributed by atoms with van der Waals surface area (Å²) >= 11 is 1.18. The predicted octanol–water partition coefficient (Wildman–Crippen LogP) is 1.98. The van der Waals surface area contributed by atoms with Gasteiger partial charge in [-0.1, -0.05) is 11.8 Å². The van der Waals surface area contributed by atoms with Crippen LogP contribution in [0.15, 0.2) is 28.4 Å². The van der Waals surface area contributed by atoms with E-state index >= 15 is 0 Å². The quantitative estimate of drug-likeness (QED) is 0.683. The molecule has 1 fully saturated rings. The molecule has 1 saturated heterocycles. The van der Waals surface area contributed by atoms with Gasteiger partial charge < -0.3 is 10.1 Å². The van der Waals surface area contributed by atoms with Gasteiger partial charge in [0, 0.05) is 11.6 Å². The summed E-state index contributed by atoms with van der Waals surface area (Å²) in [6, 6.07) is 3.25. The smallest absolute Gasteiger partial charge is 0.387 e. The normalized spacial score (nSPS) is 17.2. The van der Waals surface area contributed by atoms with Gasteiger partial charge in [-0.05, 0) is 12.1 Å². The number of rotatable bonds is 4. The van der Waals surface area contributed by atoms with Crippen molar-refractivity contribution >= 4 is 29.1 Å². The van der Waals surface area contributed by atoms with Crippen molar-refractivity contribution in [1.82, 2.24) is 5.32 Å². The highest BCUT2D eigenvalue weighted by atomic mass is 32.2. The molecule has 1 aromatic rings. The molecule has 0 saturated carbocycles. The number of amidine groups is 1. The van der Waals surface area contributed by atoms with Crippen LogP contribution in [0.25, 0.3) is 0 Å². The van der Waals surface area contributed by atoms with E-state index in [9.17, 15) is 18.0 Å². The Morgan fingerprint density at radius 1 is 1.45 bits per heavy atom. The zero-order valence-electron chi connectivity index (χ0n) is 9.85. The minimum atomic E-state index is -3.01. The van der Waals surface area contributed by atoms with E-state index in [0.29, 0.717) is 5.17 Å². The van der Waals surface area contributed by atoms with Crippen molar-refractivity contribution in [2.45, 2.75) is 6.61 Å². The number of thioether (sulfide) groups is 1. The van der Waals surface area contributed by atoms with Gasteiger partial charge in [0.15, 0.2) is 5.17 Å². The number of nitrogens with one attached hydrogen (secondary N) is 1. The van der Waals surface area contributed by atoms with Gasteiger partial charge in [0.2, 0.25) is 5.91 Å². The molecule has 1 N–H and O–H groups in total. The number of amides is 1. The molecule has 1 aliphatic heterocycles. The Morgan fingerprint density at radius 3 is 2.85 bits per heavy atom. The SMILES string of the molecule is O=C1CSC(=NN=Cc2ccc(OC(F)F)cc2F)N1. The Hall–Kier alpha value is -2.03. The molecule has 0 aliphatic carbocycles. The molecule has 1 aliphatic rings. The number of hydrogen-bond donors (Lipinski definition) is 1. The van der Waals surface area contributed by atoms with Gasteiger partial charge in [0.05, 0.1) is 12.0 Å². The van der Waals surface area contributed by atoms with Crippen LogP contribution in [0.4, 0.5) is 13.2 Å². The number of carbonyl (C=O) groups excluding carboxylic acids is 1. The molecular weight excluding hydrogens is 295 g/mol. The van der Waals surface area contributed by atoms with Crippen LogP contribution >= 0.6 is 11.8 Å². The summed E-state index contributed by atoms with van der Waals surface area (Å²) < 4.78 is 41.4. The van der Waals surface area contributed by atoms with Gasteiger partial charge >= 0.3 is 6.61 Å². The molecule has 0 unspecified atom stereocenters. The first-order valence-corrected chi connectivity index (χ1v) is 6.31. The van der Waals surface area contributed by atoms with E-state index in [1.54, 1.807) is 0 Å². The topological polar surface area (TPSA) is 63.0 Å². The maximum absolute atomic E-state index is 13.5. The van der Waals surface area contributed by atoms with Gasteiger partial charge in [-0.25, -0.2) is 4.39 Å². The van der Waals surface area contributed by atoms with E-state index in [1.165, 1.54) is 23.9 Å². The lowest BCUT2D eigenvalue weighted by Gasteiger charge is -2.04. The maximum Gasteiger partial charge on any atom is 0.387 e. The molecule has 0 spiro atoms. The minimum Gasteiger partial charge on any atom is -0.435 e. The van der Waals surface area contributed by atoms with E-state index in [1.807, 2.05) is 0 Å². The molecule has 0 bridgehead atoms. The summed E-state index contributed by atoms with van der Waals surface area (Å²) in [5.74, 6) is -0.957. The molecule has 1 amide bonds. The van der Waals surface area contributed by atoms with Gasteiger partial charge in [-0.2, -0.15) is 13.9 Å². The second kappa shape index (κ2) is 6.42. The van der Waals surface area contributed by atoms with Crippen molar-refractivity contribution in [2.75, 3.05) is 5.75 Å². The highest BCUT2D eigenvalue weighted by molar-refractivity contribution is 8.15. The van der Waals surface area contributed by atoms with E-state index in [4.69, 9.17) is 0 Å². The van der Waals surface area contributed by atoms with E-state index in [-0.39, 0.29) is 23.0 Å². The fraction of sp³-hybridized carbons (Fsp3) is 0.182. The zero-order chi connectivity index (χ0) is 14.5. The minimum absolute atomic E-state index is 0.0605. The van der Waals surface area contributed by atoms with Crippen molar-refractivity contribution in [3.63, 3.8) is 0 Å². The highest BCUT2D eigenvalue weighted by Crippen LogP contribution is 2.17. The first-order chi connectivity index (χ1) is 9.54. The maximum atomic E-state index is 13.5. The van der Waals surface area contributed by atoms with E-state index in [2.05, 4.69) is 20.3 Å². The summed E-state index contributed by atoms with van der Waals surface area (Å²) in [4.78, 5) is 10.9. The predicted molar refractivity (Wildman–Crippen MR) is 68.7 cm³/mol. The zero-order valence-corrected chi connectivity index (χ0v) is 10.7. The lowest BCUT2D eigenvalue weighted by Crippen LogP contribution is -2.19. The molecule has 5 nitrogen and oxygen atoms in total. The third-order valence-corrected chi connectivity index (χ3v) is 2.99. The largest absolute Gasteiger partial charge is 0.435 e. The Balaban J connectivity index is 2.04. The third kappa shape index (κ3) is 3.98. The Labute approximate surface area is 115 Å². The number of alkyl halides is 2. The number of benzene rings is 1. The molecule has 0 atom stereocenters. The van der Waals surface area contributed by atoms with Crippen LogP contribution in [0.3, 0.4) is 0 Å². The second-order valence-electron chi connectivity index (χ2n) is 3.55. The number of ether oxygens (including phenoxy) is 1. The molecule has 20 heavy (non-hydrogen) atoms. The van der Waals surface area contributed by atoms with E-state index in [0.717, 1.165) is 12.3 Å². The Kier molecular flexibility index (Phi) is 4.61. The number of nitrogens with zero attached hydrogens (tertiary/aromatic N) is 2. The van der Waals surface area contributed by atoms with Crippen LogP contribution in [0, 0.1) is 5.82 Å². The van der Waals surface area contributed by atoms with Gasteiger partial charge in [-0.3, -0.25) is 4.79 Å². The van der Waals surface area contributed by atoms with Gasteiger partial charge in [-0.15, -0.1) is 5.10 Å². The molecule has 0 radical (unpaired) electrons. The lowest BCUT2D eigenvalue weighted by molar-refractivity contribution is -0.116. The molecule has 2 rings (SSSR count). The monoisotopic (exact) mass is 303 g/mol. The van der Waals surface area contributed by atoms with Crippen LogP contribution in [0.1, 0.15) is 5.56 Å². The van der Waals surface area contributed by atoms with Crippen LogP contribution < -0.4 is 10.1 Å². The summed E-state index contributed by atoms with van der Waals surface area (Å²) in [5.41, 5.74) is 0.0605. The molecule has 0 aromatic heterocycles. The first kappa shape index (κ1) is 14.4. The summed E-state index contributed by atoms with van der Waals surface area (Å²) in [7, 11) is 0. The standard InChI is InChI=1S/C11H8F3N3O2S/c12-8-3-7(19-10(13)14)2-1-6(8)4-15-17-11-16-9(18)5-20-11/h1-4,10H,5H2,(H,16,17,18). The van der Waals surface area contributed by atoms with Crippen molar-refractivity contribution in [3.05, 3.63) is 29.6 Å². The molecule has 1 heterocycles. The summed E-state index contributed by atoms with van der Waals surface area (Å²) in [6.45, 7) is -3.01. The van der Waals surface area contributed by atoms with Gasteiger partial charge in [0.1, 0.15) is 11.6 Å². The average Bonchev–Trinajstić information content (AvgIpc) is 2.77. The third-order valence-electron chi connectivity index (χ3n) is 2.13. The van der Waals surface area contributed by atoms with Crippen molar-refractivity contribution < 1.29 is 22.7 Å². The van der Waals surface area contributed by atoms with Crippen LogP contribution in [-0.2, 0) is 4.79 Å². The van der Waals surface area contributed by atoms with Crippen molar-refractivity contribution in [2.24, 2.45) is 10.2 Å². The van der Waals surface area contributed by atoms with Crippen LogP contribution in [-0.4, -0.2) is 29.7 Å². The van der Waals surface area contributed by atoms with Crippen molar-refractivity contribution in [1.29, 1.82) is 0 Å². The molecule has 106 valence electrons. The molecular formula is C11H8F3N3O2S. The Morgan fingerprint density at radius 2 is 2.25 bits per heavy atom. The number of halogens is 3. The second-order valence-corrected chi connectivity index (χ2v) is 4.51. The fourth-order valence-electron chi connectivity index (χ4n) is 1.31. The van der Waals surface area contributed by atoms with E-state index < -0.39 is 12.4 Å². The fourth-order valence-corrected chi connectivity index (χ4v) is 1.94. The summed E-state index contributed by atoms with van der Waals surface area (Å²) in [6.07, 6.45) is 1.11. The van der Waals surface area contributed by atoms with Gasteiger partial charge in [0.25, 0.3) is 0 Å². The molecule has 9 heteroatoms. The van der Waals surface area contributed by atoms with Crippen LogP contribution in [0.5, 0.6) is 5.75 Å². The Bertz CT molecular complexity index is 578. The number of hydrogen-bond acceptors (Lipinski definition) is 5. The highest BCUT2D eigenvalue weighted by Gasteiger charge is 2.16. The van der Waals surface area contributed by atoms with Crippen LogP contribution in [0.2, 0.25) is 0 Å². The first-order valence-electron chi connectivity index (χ1n) is 5.32. The lowest BCUT2D eigenvalue weighted by atomic mass is 10.2.